The molecule has 126 valence electrons. The molecule has 25 heavy (non-hydrogen) atoms. The number of rotatable bonds is 6. The van der Waals surface area contributed by atoms with E-state index in [0.29, 0.717) is 23.6 Å². The van der Waals surface area contributed by atoms with Crippen molar-refractivity contribution in [2.45, 2.75) is 13.5 Å². The summed E-state index contributed by atoms with van der Waals surface area (Å²) in [5.41, 5.74) is 1.23. The van der Waals surface area contributed by atoms with Crippen LogP contribution in [0.3, 0.4) is 0 Å². The summed E-state index contributed by atoms with van der Waals surface area (Å²) in [5.74, 6) is 0.842. The van der Waals surface area contributed by atoms with Crippen LogP contribution in [0.4, 0.5) is 11.5 Å². The standard InChI is InChI=1S/C18H16N4O3/c1-12(23)13-4-2-5-14(10-13)20-18(24)16-7-8-17(22-21-16)19-11-15-6-3-9-25-15/h2-10H,11H2,1H3,(H,19,22)(H,20,24). The topological polar surface area (TPSA) is 97.1 Å². The Balaban J connectivity index is 1.62. The molecular weight excluding hydrogens is 320 g/mol. The van der Waals surface area contributed by atoms with E-state index in [1.165, 1.54) is 6.92 Å². The summed E-state index contributed by atoms with van der Waals surface area (Å²) in [6.07, 6.45) is 1.59. The van der Waals surface area contributed by atoms with E-state index in [1.807, 2.05) is 6.07 Å². The highest BCUT2D eigenvalue weighted by Crippen LogP contribution is 2.13. The van der Waals surface area contributed by atoms with E-state index in [1.54, 1.807) is 48.7 Å². The van der Waals surface area contributed by atoms with Crippen molar-refractivity contribution >= 4 is 23.2 Å². The molecule has 0 bridgehead atoms. The number of nitrogens with zero attached hydrogens (tertiary/aromatic N) is 2. The zero-order valence-electron chi connectivity index (χ0n) is 13.5. The van der Waals surface area contributed by atoms with Crippen molar-refractivity contribution in [3.63, 3.8) is 0 Å². The zero-order valence-corrected chi connectivity index (χ0v) is 13.5. The minimum absolute atomic E-state index is 0.0668. The molecule has 0 spiro atoms. The number of carbonyl (C=O) groups excluding carboxylic acids is 2. The quantitative estimate of drug-likeness (QED) is 0.671. The number of hydrogen-bond donors (Lipinski definition) is 2. The van der Waals surface area contributed by atoms with Crippen LogP contribution in [0.5, 0.6) is 0 Å². The number of benzene rings is 1. The minimum Gasteiger partial charge on any atom is -0.467 e. The number of nitrogens with one attached hydrogen (secondary N) is 2. The van der Waals surface area contributed by atoms with E-state index in [2.05, 4.69) is 20.8 Å². The van der Waals surface area contributed by atoms with Gasteiger partial charge < -0.3 is 15.1 Å². The molecule has 0 aliphatic rings. The number of aromatic nitrogens is 2. The van der Waals surface area contributed by atoms with Crippen LogP contribution < -0.4 is 10.6 Å². The van der Waals surface area contributed by atoms with Gasteiger partial charge in [-0.25, -0.2) is 0 Å². The van der Waals surface area contributed by atoms with Crippen molar-refractivity contribution < 1.29 is 14.0 Å². The first-order chi connectivity index (χ1) is 12.1. The Morgan fingerprint density at radius 3 is 2.64 bits per heavy atom. The van der Waals surface area contributed by atoms with Gasteiger partial charge in [-0.15, -0.1) is 10.2 Å². The van der Waals surface area contributed by atoms with Crippen molar-refractivity contribution in [3.8, 4) is 0 Å². The lowest BCUT2D eigenvalue weighted by Gasteiger charge is -2.06. The molecule has 0 aliphatic heterocycles. The van der Waals surface area contributed by atoms with Crippen LogP contribution in [-0.2, 0) is 6.54 Å². The molecule has 1 aromatic carbocycles. The predicted octanol–water partition coefficient (Wildman–Crippen LogP) is 3.14. The van der Waals surface area contributed by atoms with Crippen molar-refractivity contribution in [2.75, 3.05) is 10.6 Å². The molecule has 0 saturated carbocycles. The summed E-state index contributed by atoms with van der Waals surface area (Å²) < 4.78 is 5.21. The maximum Gasteiger partial charge on any atom is 0.276 e. The summed E-state index contributed by atoms with van der Waals surface area (Å²) in [5, 5.41) is 13.6. The Kier molecular flexibility index (Phi) is 4.84. The van der Waals surface area contributed by atoms with Crippen LogP contribution in [0.15, 0.2) is 59.2 Å². The average Bonchev–Trinajstić information content (AvgIpc) is 3.14. The first kappa shape index (κ1) is 16.4. The van der Waals surface area contributed by atoms with E-state index in [-0.39, 0.29) is 11.5 Å². The molecule has 1 amide bonds. The lowest BCUT2D eigenvalue weighted by Crippen LogP contribution is -2.15. The Morgan fingerprint density at radius 1 is 1.08 bits per heavy atom. The molecule has 3 aromatic rings. The van der Waals surface area contributed by atoms with E-state index in [4.69, 9.17) is 4.42 Å². The van der Waals surface area contributed by atoms with Crippen LogP contribution in [0.1, 0.15) is 33.5 Å². The van der Waals surface area contributed by atoms with Crippen LogP contribution in [0, 0.1) is 0 Å². The van der Waals surface area contributed by atoms with Gasteiger partial charge in [-0.1, -0.05) is 12.1 Å². The first-order valence-electron chi connectivity index (χ1n) is 7.64. The zero-order chi connectivity index (χ0) is 17.6. The Bertz CT molecular complexity index is 874. The summed E-state index contributed by atoms with van der Waals surface area (Å²) >= 11 is 0. The largest absolute Gasteiger partial charge is 0.467 e. The molecule has 2 heterocycles. The van der Waals surface area contributed by atoms with Crippen LogP contribution in [-0.4, -0.2) is 21.9 Å². The average molecular weight is 336 g/mol. The normalized spacial score (nSPS) is 10.3. The number of furan rings is 1. The third kappa shape index (κ3) is 4.29. The first-order valence-corrected chi connectivity index (χ1v) is 7.64. The van der Waals surface area contributed by atoms with Gasteiger partial charge in [-0.05, 0) is 43.3 Å². The van der Waals surface area contributed by atoms with Crippen molar-refractivity contribution in [1.82, 2.24) is 10.2 Å². The van der Waals surface area contributed by atoms with Gasteiger partial charge in [0.05, 0.1) is 12.8 Å². The van der Waals surface area contributed by atoms with E-state index < -0.39 is 5.91 Å². The fourth-order valence-corrected chi connectivity index (χ4v) is 2.15. The molecule has 7 nitrogen and oxygen atoms in total. The summed E-state index contributed by atoms with van der Waals surface area (Å²) in [6.45, 7) is 1.95. The second-order valence-corrected chi connectivity index (χ2v) is 5.33. The summed E-state index contributed by atoms with van der Waals surface area (Å²) in [6, 6.07) is 13.6. The summed E-state index contributed by atoms with van der Waals surface area (Å²) in [4.78, 5) is 23.6. The molecule has 0 aliphatic carbocycles. The highest BCUT2D eigenvalue weighted by atomic mass is 16.3. The fraction of sp³-hybridized carbons (Fsp3) is 0.111. The van der Waals surface area contributed by atoms with Gasteiger partial charge in [-0.3, -0.25) is 9.59 Å². The number of Topliss-reactive ketones (excluding diaryl/α,β-unsaturated/α-hetero) is 1. The molecule has 2 aromatic heterocycles. The minimum atomic E-state index is -0.397. The van der Waals surface area contributed by atoms with Crippen molar-refractivity contribution in [1.29, 1.82) is 0 Å². The lowest BCUT2D eigenvalue weighted by atomic mass is 10.1. The van der Waals surface area contributed by atoms with Gasteiger partial charge in [0, 0.05) is 11.3 Å². The lowest BCUT2D eigenvalue weighted by molar-refractivity contribution is 0.100. The summed E-state index contributed by atoms with van der Waals surface area (Å²) in [7, 11) is 0. The van der Waals surface area contributed by atoms with E-state index >= 15 is 0 Å². The highest BCUT2D eigenvalue weighted by Gasteiger charge is 2.10. The van der Waals surface area contributed by atoms with Gasteiger partial charge >= 0.3 is 0 Å². The Labute approximate surface area is 144 Å². The second kappa shape index (κ2) is 7.39. The van der Waals surface area contributed by atoms with Crippen molar-refractivity contribution in [3.05, 3.63) is 71.8 Å². The number of amides is 1. The van der Waals surface area contributed by atoms with Gasteiger partial charge in [0.15, 0.2) is 11.5 Å². The van der Waals surface area contributed by atoms with Crippen LogP contribution in [0.25, 0.3) is 0 Å². The smallest absolute Gasteiger partial charge is 0.276 e. The van der Waals surface area contributed by atoms with E-state index in [9.17, 15) is 9.59 Å². The van der Waals surface area contributed by atoms with Gasteiger partial charge in [0.2, 0.25) is 0 Å². The van der Waals surface area contributed by atoms with Crippen LogP contribution in [0.2, 0.25) is 0 Å². The molecule has 0 atom stereocenters. The van der Waals surface area contributed by atoms with Gasteiger partial charge in [0.25, 0.3) is 5.91 Å². The molecule has 0 unspecified atom stereocenters. The molecule has 3 rings (SSSR count). The molecule has 0 fully saturated rings. The Hall–Kier alpha value is -3.48. The van der Waals surface area contributed by atoms with E-state index in [0.717, 1.165) is 5.76 Å². The monoisotopic (exact) mass is 336 g/mol. The number of carbonyl (C=O) groups is 2. The molecular formula is C18H16N4O3. The SMILES string of the molecule is CC(=O)c1cccc(NC(=O)c2ccc(NCc3ccco3)nn2)c1. The number of ketones is 1. The number of anilines is 2. The van der Waals surface area contributed by atoms with Crippen molar-refractivity contribution in [2.24, 2.45) is 0 Å². The van der Waals surface area contributed by atoms with Crippen LogP contribution >= 0.6 is 0 Å². The molecule has 2 N–H and O–H groups in total. The molecule has 0 radical (unpaired) electrons. The molecule has 7 heteroatoms. The maximum absolute atomic E-state index is 12.2. The second-order valence-electron chi connectivity index (χ2n) is 5.33. The maximum atomic E-state index is 12.2. The Morgan fingerprint density at radius 2 is 1.96 bits per heavy atom. The molecule has 0 saturated heterocycles. The van der Waals surface area contributed by atoms with Gasteiger partial charge in [0.1, 0.15) is 11.6 Å². The van der Waals surface area contributed by atoms with Gasteiger partial charge in [-0.2, -0.15) is 0 Å². The fourth-order valence-electron chi connectivity index (χ4n) is 2.15. The number of hydrogen-bond acceptors (Lipinski definition) is 6. The highest BCUT2D eigenvalue weighted by molar-refractivity contribution is 6.03. The predicted molar refractivity (Wildman–Crippen MR) is 92.5 cm³/mol. The third-order valence-corrected chi connectivity index (χ3v) is 3.45. The third-order valence-electron chi connectivity index (χ3n) is 3.45.